The average Bonchev–Trinajstić information content (AvgIpc) is 3.10. The number of rotatable bonds is 4. The number of fused-ring (bicyclic) bond motifs is 1. The number of carbonyl (C=O) groups excluding carboxylic acids is 1. The van der Waals surface area contributed by atoms with Crippen molar-refractivity contribution >= 4 is 16.9 Å². The molecule has 0 fully saturated rings. The number of hydrogen-bond acceptors (Lipinski definition) is 7. The Morgan fingerprint density at radius 1 is 1.07 bits per heavy atom. The lowest BCUT2D eigenvalue weighted by Crippen LogP contribution is -2.17. The van der Waals surface area contributed by atoms with E-state index in [4.69, 9.17) is 15.2 Å². The molecule has 0 radical (unpaired) electrons. The maximum atomic E-state index is 11.4. The molecule has 0 bridgehead atoms. The molecule has 1 heterocycles. The van der Waals surface area contributed by atoms with Gasteiger partial charge in [0.1, 0.15) is 17.1 Å². The molecule has 3 aromatic carbocycles. The van der Waals surface area contributed by atoms with Crippen LogP contribution in [0.4, 0.5) is 4.79 Å². The van der Waals surface area contributed by atoms with Gasteiger partial charge in [-0.2, -0.15) is 0 Å². The zero-order valence-corrected chi connectivity index (χ0v) is 15.2. The van der Waals surface area contributed by atoms with Gasteiger partial charge in [-0.3, -0.25) is 0 Å². The summed E-state index contributed by atoms with van der Waals surface area (Å²) < 4.78 is 11.5. The minimum atomic E-state index is -1.05. The van der Waals surface area contributed by atoms with Gasteiger partial charge in [-0.05, 0) is 10.8 Å². The first kappa shape index (κ1) is 18.1. The number of primary amides is 1. The summed E-state index contributed by atoms with van der Waals surface area (Å²) in [5.41, 5.74) is 6.29. The second-order valence-electron chi connectivity index (χ2n) is 6.12. The van der Waals surface area contributed by atoms with Gasteiger partial charge in [0, 0.05) is 17.7 Å². The van der Waals surface area contributed by atoms with Crippen molar-refractivity contribution in [3.05, 3.63) is 54.6 Å². The smallest absolute Gasteiger partial charge is 0.411 e. The first-order chi connectivity index (χ1) is 14.0. The van der Waals surface area contributed by atoms with Crippen LogP contribution in [0.2, 0.25) is 0 Å². The molecular weight excluding hydrogens is 376 g/mol. The lowest BCUT2D eigenvalue weighted by molar-refractivity contribution is 0.209. The molecule has 0 spiro atoms. The minimum absolute atomic E-state index is 0.120. The Kier molecular flexibility index (Phi) is 4.40. The number of methoxy groups -OCH3 is 1. The number of ether oxygens (including phenoxy) is 2. The Balaban J connectivity index is 2.03. The van der Waals surface area contributed by atoms with Gasteiger partial charge in [-0.1, -0.05) is 52.8 Å². The predicted octanol–water partition coefficient (Wildman–Crippen LogP) is 2.96. The van der Waals surface area contributed by atoms with Gasteiger partial charge < -0.3 is 25.4 Å². The van der Waals surface area contributed by atoms with Crippen LogP contribution in [-0.4, -0.2) is 38.4 Å². The van der Waals surface area contributed by atoms with Crippen LogP contribution in [-0.2, 0) is 0 Å². The first-order valence-corrected chi connectivity index (χ1v) is 8.51. The molecule has 0 saturated carbocycles. The van der Waals surface area contributed by atoms with Crippen LogP contribution in [0.1, 0.15) is 0 Å². The summed E-state index contributed by atoms with van der Waals surface area (Å²) in [4.78, 5) is 11.4. The summed E-state index contributed by atoms with van der Waals surface area (Å²) in [7, 11) is 1.38. The molecule has 9 nitrogen and oxygen atoms in total. The summed E-state index contributed by atoms with van der Waals surface area (Å²) in [5.74, 6) is -0.524. The lowest BCUT2D eigenvalue weighted by Gasteiger charge is -2.13. The van der Waals surface area contributed by atoms with E-state index in [1.807, 2.05) is 36.4 Å². The second kappa shape index (κ2) is 7.04. The second-order valence-corrected chi connectivity index (χ2v) is 6.12. The molecule has 9 heteroatoms. The number of hydrogen-bond donors (Lipinski definition) is 3. The number of benzene rings is 3. The van der Waals surface area contributed by atoms with E-state index in [-0.39, 0.29) is 28.8 Å². The number of phenols is 2. The van der Waals surface area contributed by atoms with Crippen LogP contribution in [0.3, 0.4) is 0 Å². The molecule has 4 rings (SSSR count). The summed E-state index contributed by atoms with van der Waals surface area (Å²) in [5, 5.41) is 30.0. The normalized spacial score (nSPS) is 10.8. The molecule has 0 aliphatic heterocycles. The van der Waals surface area contributed by atoms with E-state index in [0.717, 1.165) is 16.8 Å². The van der Waals surface area contributed by atoms with Crippen molar-refractivity contribution in [3.63, 3.8) is 0 Å². The molecule has 0 aliphatic carbocycles. The number of phenolic OH excluding ortho intramolecular Hbond substituents is 2. The van der Waals surface area contributed by atoms with E-state index >= 15 is 0 Å². The molecule has 4 aromatic rings. The molecule has 0 unspecified atom stereocenters. The Morgan fingerprint density at radius 2 is 1.83 bits per heavy atom. The summed E-state index contributed by atoms with van der Waals surface area (Å²) >= 11 is 0. The SMILES string of the molecule is COc1cc(-n2nnc(OC(N)=O)c2-c2cccc3ccccc23)c(O)cc1O. The Morgan fingerprint density at radius 3 is 2.59 bits per heavy atom. The van der Waals surface area contributed by atoms with Gasteiger partial charge in [0.25, 0.3) is 5.88 Å². The van der Waals surface area contributed by atoms with Crippen LogP contribution >= 0.6 is 0 Å². The highest BCUT2D eigenvalue weighted by atomic mass is 16.6. The van der Waals surface area contributed by atoms with Crippen LogP contribution in [0, 0.1) is 0 Å². The average molecular weight is 392 g/mol. The molecule has 4 N–H and O–H groups in total. The van der Waals surface area contributed by atoms with Gasteiger partial charge in [-0.15, -0.1) is 0 Å². The molecule has 29 heavy (non-hydrogen) atoms. The van der Waals surface area contributed by atoms with E-state index in [1.54, 1.807) is 6.07 Å². The quantitative estimate of drug-likeness (QED) is 0.486. The minimum Gasteiger partial charge on any atom is -0.506 e. The Hall–Kier alpha value is -4.27. The molecule has 146 valence electrons. The molecule has 1 aromatic heterocycles. The predicted molar refractivity (Wildman–Crippen MR) is 104 cm³/mol. The highest BCUT2D eigenvalue weighted by Crippen LogP contribution is 2.40. The van der Waals surface area contributed by atoms with Gasteiger partial charge in [0.05, 0.1) is 7.11 Å². The van der Waals surface area contributed by atoms with Crippen molar-refractivity contribution in [1.82, 2.24) is 15.0 Å². The summed E-state index contributed by atoms with van der Waals surface area (Å²) in [6, 6.07) is 15.7. The van der Waals surface area contributed by atoms with Crippen molar-refractivity contribution in [3.8, 4) is 40.1 Å². The highest BCUT2D eigenvalue weighted by molar-refractivity contribution is 5.97. The number of amides is 1. The number of nitrogens with two attached hydrogens (primary N) is 1. The van der Waals surface area contributed by atoms with Gasteiger partial charge in [0.15, 0.2) is 11.5 Å². The van der Waals surface area contributed by atoms with Gasteiger partial charge in [-0.25, -0.2) is 9.48 Å². The van der Waals surface area contributed by atoms with Gasteiger partial charge in [0.2, 0.25) is 0 Å². The first-order valence-electron chi connectivity index (χ1n) is 8.51. The number of aromatic hydroxyl groups is 2. The van der Waals surface area contributed by atoms with Crippen LogP contribution in [0.5, 0.6) is 23.1 Å². The molecule has 1 amide bonds. The van der Waals surface area contributed by atoms with E-state index in [1.165, 1.54) is 17.9 Å². The van der Waals surface area contributed by atoms with Crippen molar-refractivity contribution in [2.24, 2.45) is 5.73 Å². The molecule has 0 saturated heterocycles. The zero-order valence-electron chi connectivity index (χ0n) is 15.2. The maximum Gasteiger partial charge on any atom is 0.411 e. The van der Waals surface area contributed by atoms with Crippen LogP contribution < -0.4 is 15.2 Å². The zero-order chi connectivity index (χ0) is 20.5. The van der Waals surface area contributed by atoms with E-state index in [0.29, 0.717) is 11.3 Å². The van der Waals surface area contributed by atoms with Crippen molar-refractivity contribution in [2.45, 2.75) is 0 Å². The highest BCUT2D eigenvalue weighted by Gasteiger charge is 2.23. The fourth-order valence-electron chi connectivity index (χ4n) is 3.14. The Bertz CT molecular complexity index is 1230. The number of carbonyl (C=O) groups is 1. The van der Waals surface area contributed by atoms with Crippen LogP contribution in [0.15, 0.2) is 54.6 Å². The number of nitrogens with zero attached hydrogens (tertiary/aromatic N) is 3. The van der Waals surface area contributed by atoms with E-state index in [2.05, 4.69) is 10.3 Å². The fraction of sp³-hybridized carbons (Fsp3) is 0.0500. The van der Waals surface area contributed by atoms with E-state index in [9.17, 15) is 15.0 Å². The standard InChI is InChI=1S/C20H16N4O5/c1-28-17-9-14(15(25)10-16(17)26)24-18(19(22-23-24)29-20(21)27)13-8-4-6-11-5-2-3-7-12(11)13/h2-10,25-26H,1H3,(H2,21,27). The van der Waals surface area contributed by atoms with Crippen molar-refractivity contribution < 1.29 is 24.5 Å². The molecule has 0 atom stereocenters. The van der Waals surface area contributed by atoms with Gasteiger partial charge >= 0.3 is 6.09 Å². The topological polar surface area (TPSA) is 133 Å². The fourth-order valence-corrected chi connectivity index (χ4v) is 3.14. The molecular formula is C20H16N4O5. The lowest BCUT2D eigenvalue weighted by atomic mass is 10.0. The maximum absolute atomic E-state index is 11.4. The molecule has 0 aliphatic rings. The van der Waals surface area contributed by atoms with Crippen LogP contribution in [0.25, 0.3) is 27.7 Å². The summed E-state index contributed by atoms with van der Waals surface area (Å²) in [6.45, 7) is 0. The number of aromatic nitrogens is 3. The largest absolute Gasteiger partial charge is 0.506 e. The van der Waals surface area contributed by atoms with Crippen molar-refractivity contribution in [2.75, 3.05) is 7.11 Å². The third-order valence-corrected chi connectivity index (χ3v) is 4.39. The Labute approximate surface area is 164 Å². The summed E-state index contributed by atoms with van der Waals surface area (Å²) in [6.07, 6.45) is -1.05. The van der Waals surface area contributed by atoms with E-state index < -0.39 is 6.09 Å². The third kappa shape index (κ3) is 3.14. The van der Waals surface area contributed by atoms with Crippen molar-refractivity contribution in [1.29, 1.82) is 0 Å². The third-order valence-electron chi connectivity index (χ3n) is 4.39. The monoisotopic (exact) mass is 392 g/mol.